The fourth-order valence-corrected chi connectivity index (χ4v) is 1.73. The Morgan fingerprint density at radius 3 is 2.92 bits per heavy atom. The molecular weight excluding hydrogens is 152 g/mol. The highest BCUT2D eigenvalue weighted by molar-refractivity contribution is 4.77. The van der Waals surface area contributed by atoms with Crippen LogP contribution in [0.2, 0.25) is 0 Å². The van der Waals surface area contributed by atoms with E-state index in [4.69, 9.17) is 10.5 Å². The van der Waals surface area contributed by atoms with Gasteiger partial charge in [-0.25, -0.2) is 0 Å². The number of nitrogens with zero attached hydrogens (tertiary/aromatic N) is 1. The smallest absolute Gasteiger partial charge is 0.0674 e. The van der Waals surface area contributed by atoms with Crippen molar-refractivity contribution < 1.29 is 4.74 Å². The van der Waals surface area contributed by atoms with Crippen molar-refractivity contribution in [1.29, 1.82) is 0 Å². The summed E-state index contributed by atoms with van der Waals surface area (Å²) < 4.78 is 5.58. The summed E-state index contributed by atoms with van der Waals surface area (Å²) in [5.41, 5.74) is 5.54. The lowest BCUT2D eigenvalue weighted by molar-refractivity contribution is -0.0544. The van der Waals surface area contributed by atoms with Crippen LogP contribution in [0.15, 0.2) is 0 Å². The van der Waals surface area contributed by atoms with Crippen LogP contribution in [0.4, 0.5) is 0 Å². The van der Waals surface area contributed by atoms with Crippen molar-refractivity contribution in [3.63, 3.8) is 0 Å². The zero-order chi connectivity index (χ0) is 8.97. The molecule has 1 aliphatic heterocycles. The normalized spacial score (nSPS) is 32.2. The summed E-state index contributed by atoms with van der Waals surface area (Å²) in [5.74, 6) is 0. The molecule has 0 amide bonds. The molecule has 0 bridgehead atoms. The highest BCUT2D eigenvalue weighted by Crippen LogP contribution is 2.13. The Morgan fingerprint density at radius 1 is 1.58 bits per heavy atom. The molecule has 1 heterocycles. The summed E-state index contributed by atoms with van der Waals surface area (Å²) in [4.78, 5) is 2.44. The second-order valence-corrected chi connectivity index (χ2v) is 3.49. The molecule has 3 nitrogen and oxygen atoms in total. The van der Waals surface area contributed by atoms with Crippen molar-refractivity contribution in [2.45, 2.75) is 32.4 Å². The van der Waals surface area contributed by atoms with Gasteiger partial charge in [0.1, 0.15) is 0 Å². The fourth-order valence-electron chi connectivity index (χ4n) is 1.73. The summed E-state index contributed by atoms with van der Waals surface area (Å²) in [6, 6.07) is 0.588. The molecule has 0 aromatic rings. The zero-order valence-electron chi connectivity index (χ0n) is 8.12. The van der Waals surface area contributed by atoms with E-state index in [1.54, 1.807) is 0 Å². The number of rotatable bonds is 3. The molecular formula is C9H20N2O. The van der Waals surface area contributed by atoms with Gasteiger partial charge in [0.15, 0.2) is 0 Å². The topological polar surface area (TPSA) is 38.5 Å². The van der Waals surface area contributed by atoms with Crippen molar-refractivity contribution in [2.24, 2.45) is 5.73 Å². The summed E-state index contributed by atoms with van der Waals surface area (Å²) in [5, 5.41) is 0. The molecule has 1 fully saturated rings. The third-order valence-electron chi connectivity index (χ3n) is 2.47. The van der Waals surface area contributed by atoms with Crippen LogP contribution < -0.4 is 5.73 Å². The van der Waals surface area contributed by atoms with Crippen LogP contribution in [-0.2, 0) is 4.74 Å². The van der Waals surface area contributed by atoms with Crippen molar-refractivity contribution >= 4 is 0 Å². The Labute approximate surface area is 74.9 Å². The van der Waals surface area contributed by atoms with Gasteiger partial charge in [0.05, 0.1) is 12.7 Å². The van der Waals surface area contributed by atoms with Crippen LogP contribution in [-0.4, -0.2) is 43.3 Å². The molecule has 72 valence electrons. The van der Waals surface area contributed by atoms with Gasteiger partial charge in [-0.3, -0.25) is 4.90 Å². The maximum atomic E-state index is 5.58. The summed E-state index contributed by atoms with van der Waals surface area (Å²) >= 11 is 0. The Balaban J connectivity index is 2.40. The number of ether oxygens (including phenoxy) is 1. The van der Waals surface area contributed by atoms with Gasteiger partial charge in [0.2, 0.25) is 0 Å². The Morgan fingerprint density at radius 2 is 2.33 bits per heavy atom. The molecule has 1 saturated heterocycles. The van der Waals surface area contributed by atoms with Crippen LogP contribution in [0.1, 0.15) is 20.3 Å². The Hall–Kier alpha value is -0.120. The van der Waals surface area contributed by atoms with E-state index in [2.05, 4.69) is 18.7 Å². The van der Waals surface area contributed by atoms with Crippen molar-refractivity contribution in [3.05, 3.63) is 0 Å². The van der Waals surface area contributed by atoms with Crippen LogP contribution in [0.5, 0.6) is 0 Å². The molecule has 0 aromatic carbocycles. The van der Waals surface area contributed by atoms with Gasteiger partial charge in [-0.05, 0) is 13.3 Å². The van der Waals surface area contributed by atoms with Crippen LogP contribution in [0.25, 0.3) is 0 Å². The number of morpholine rings is 1. The molecule has 2 N–H and O–H groups in total. The molecule has 0 saturated carbocycles. The average molecular weight is 172 g/mol. The monoisotopic (exact) mass is 172 g/mol. The van der Waals surface area contributed by atoms with E-state index in [1.165, 1.54) is 0 Å². The van der Waals surface area contributed by atoms with Gasteiger partial charge in [0.25, 0.3) is 0 Å². The molecule has 1 rings (SSSR count). The number of hydrogen-bond acceptors (Lipinski definition) is 3. The van der Waals surface area contributed by atoms with Crippen LogP contribution in [0, 0.1) is 0 Å². The highest BCUT2D eigenvalue weighted by atomic mass is 16.5. The van der Waals surface area contributed by atoms with Gasteiger partial charge >= 0.3 is 0 Å². The first-order valence-corrected chi connectivity index (χ1v) is 4.83. The predicted octanol–water partition coefficient (Wildman–Crippen LogP) is 0.444. The van der Waals surface area contributed by atoms with E-state index in [1.807, 2.05) is 0 Å². The minimum Gasteiger partial charge on any atom is -0.376 e. The van der Waals surface area contributed by atoms with E-state index >= 15 is 0 Å². The second kappa shape index (κ2) is 4.80. The third-order valence-corrected chi connectivity index (χ3v) is 2.47. The maximum Gasteiger partial charge on any atom is 0.0674 e. The molecule has 0 radical (unpaired) electrons. The summed E-state index contributed by atoms with van der Waals surface area (Å²) in [6.45, 7) is 7.99. The van der Waals surface area contributed by atoms with Crippen molar-refractivity contribution in [3.8, 4) is 0 Å². The first-order chi connectivity index (χ1) is 5.77. The SMILES string of the molecule is CC[C@@H]1CO[C@H](C)CN1CCN. The molecule has 0 aromatic heterocycles. The van der Waals surface area contributed by atoms with E-state index in [9.17, 15) is 0 Å². The van der Waals surface area contributed by atoms with E-state index in [0.717, 1.165) is 32.7 Å². The van der Waals surface area contributed by atoms with Gasteiger partial charge < -0.3 is 10.5 Å². The molecule has 12 heavy (non-hydrogen) atoms. The van der Waals surface area contributed by atoms with Gasteiger partial charge in [0, 0.05) is 25.7 Å². The summed E-state index contributed by atoms with van der Waals surface area (Å²) in [7, 11) is 0. The average Bonchev–Trinajstić information content (AvgIpc) is 2.05. The van der Waals surface area contributed by atoms with Crippen LogP contribution >= 0.6 is 0 Å². The van der Waals surface area contributed by atoms with E-state index < -0.39 is 0 Å². The molecule has 0 spiro atoms. The number of nitrogens with two attached hydrogens (primary N) is 1. The maximum absolute atomic E-state index is 5.58. The fraction of sp³-hybridized carbons (Fsp3) is 1.00. The Kier molecular flexibility index (Phi) is 3.98. The van der Waals surface area contributed by atoms with Gasteiger partial charge in [-0.1, -0.05) is 6.92 Å². The standard InChI is InChI=1S/C9H20N2O/c1-3-9-7-12-8(2)6-11(9)5-4-10/h8-9H,3-7,10H2,1-2H3/t8-,9-/m1/s1. The van der Waals surface area contributed by atoms with Crippen molar-refractivity contribution in [2.75, 3.05) is 26.2 Å². The largest absolute Gasteiger partial charge is 0.376 e. The third kappa shape index (κ3) is 2.44. The van der Waals surface area contributed by atoms with Gasteiger partial charge in [-0.2, -0.15) is 0 Å². The first kappa shape index (κ1) is 9.96. The highest BCUT2D eigenvalue weighted by Gasteiger charge is 2.24. The predicted molar refractivity (Wildman–Crippen MR) is 50.1 cm³/mol. The second-order valence-electron chi connectivity index (χ2n) is 3.49. The van der Waals surface area contributed by atoms with E-state index in [-0.39, 0.29) is 0 Å². The molecule has 1 aliphatic rings. The van der Waals surface area contributed by atoms with Crippen molar-refractivity contribution in [1.82, 2.24) is 4.90 Å². The van der Waals surface area contributed by atoms with E-state index in [0.29, 0.717) is 12.1 Å². The van der Waals surface area contributed by atoms with Crippen LogP contribution in [0.3, 0.4) is 0 Å². The molecule has 0 aliphatic carbocycles. The lowest BCUT2D eigenvalue weighted by Crippen LogP contribution is -2.50. The summed E-state index contributed by atoms with van der Waals surface area (Å²) in [6.07, 6.45) is 1.53. The lowest BCUT2D eigenvalue weighted by Gasteiger charge is -2.37. The number of hydrogen-bond donors (Lipinski definition) is 1. The molecule has 2 atom stereocenters. The Bertz CT molecular complexity index is 130. The minimum atomic E-state index is 0.374. The minimum absolute atomic E-state index is 0.374. The molecule has 0 unspecified atom stereocenters. The molecule has 3 heteroatoms. The zero-order valence-corrected chi connectivity index (χ0v) is 8.12. The first-order valence-electron chi connectivity index (χ1n) is 4.83. The lowest BCUT2D eigenvalue weighted by atomic mass is 10.1. The van der Waals surface area contributed by atoms with Gasteiger partial charge in [-0.15, -0.1) is 0 Å². The quantitative estimate of drug-likeness (QED) is 0.671.